The van der Waals surface area contributed by atoms with E-state index in [4.69, 9.17) is 26.8 Å². The summed E-state index contributed by atoms with van der Waals surface area (Å²) in [6.07, 6.45) is -0.291. The van der Waals surface area contributed by atoms with Gasteiger partial charge in [0.15, 0.2) is 11.3 Å². The van der Waals surface area contributed by atoms with Gasteiger partial charge >= 0.3 is 0 Å². The fraction of sp³-hybridized carbons (Fsp3) is 0.200. The molecule has 0 aliphatic carbocycles. The fourth-order valence-corrected chi connectivity index (χ4v) is 3.42. The number of benzene rings is 1. The van der Waals surface area contributed by atoms with E-state index in [1.54, 1.807) is 18.2 Å². The Hall–Kier alpha value is -1.70. The Morgan fingerprint density at radius 2 is 2.09 bits per heavy atom. The summed E-state index contributed by atoms with van der Waals surface area (Å²) in [6.45, 7) is -0.0682. The maximum Gasteiger partial charge on any atom is 0.233 e. The van der Waals surface area contributed by atoms with E-state index in [1.165, 1.54) is 12.3 Å². The Labute approximate surface area is 144 Å². The Balaban J connectivity index is 2.09. The van der Waals surface area contributed by atoms with Gasteiger partial charge in [-0.05, 0) is 24.3 Å². The minimum Gasteiger partial charge on any atom is -0.455 e. The van der Waals surface area contributed by atoms with Crippen LogP contribution in [0.3, 0.4) is 0 Å². The molecule has 2 N–H and O–H groups in total. The number of amidine groups is 1. The average molecular weight is 399 g/mol. The molecule has 0 saturated carbocycles. The number of fused-ring (bicyclic) bond motifs is 4. The SMILES string of the molecule is NC1=NC2(c3cc(Br)ccc3Oc3cnc(Cl)cc32)C(F)OC1. The van der Waals surface area contributed by atoms with Crippen LogP contribution in [-0.2, 0) is 10.3 Å². The van der Waals surface area contributed by atoms with Crippen LogP contribution in [0.25, 0.3) is 0 Å². The van der Waals surface area contributed by atoms with Gasteiger partial charge in [0.2, 0.25) is 6.36 Å². The molecule has 2 atom stereocenters. The molecule has 1 aromatic heterocycles. The lowest BCUT2D eigenvalue weighted by molar-refractivity contribution is -0.0745. The third-order valence-corrected chi connectivity index (χ3v) is 4.54. The Morgan fingerprint density at radius 3 is 2.91 bits per heavy atom. The molecule has 0 fully saturated rings. The van der Waals surface area contributed by atoms with E-state index in [-0.39, 0.29) is 17.6 Å². The first-order valence-corrected chi connectivity index (χ1v) is 7.91. The molecule has 1 aromatic carbocycles. The molecule has 0 saturated heterocycles. The zero-order chi connectivity index (χ0) is 16.2. The number of ether oxygens (including phenoxy) is 2. The highest BCUT2D eigenvalue weighted by Crippen LogP contribution is 2.53. The van der Waals surface area contributed by atoms with Crippen LogP contribution in [0.5, 0.6) is 11.5 Å². The normalized spacial score (nSPS) is 25.3. The van der Waals surface area contributed by atoms with Gasteiger partial charge < -0.3 is 15.2 Å². The van der Waals surface area contributed by atoms with Crippen molar-refractivity contribution >= 4 is 33.4 Å². The van der Waals surface area contributed by atoms with Crippen molar-refractivity contribution in [1.82, 2.24) is 4.98 Å². The summed E-state index contributed by atoms with van der Waals surface area (Å²) < 4.78 is 26.8. The van der Waals surface area contributed by atoms with Gasteiger partial charge in [-0.25, -0.2) is 14.4 Å². The van der Waals surface area contributed by atoms with Crippen molar-refractivity contribution in [2.45, 2.75) is 11.9 Å². The van der Waals surface area contributed by atoms with Gasteiger partial charge in [-0.15, -0.1) is 0 Å². The molecule has 2 aliphatic rings. The van der Waals surface area contributed by atoms with Crippen LogP contribution in [0.2, 0.25) is 5.15 Å². The lowest BCUT2D eigenvalue weighted by Gasteiger charge is -2.41. The molecule has 2 aromatic rings. The van der Waals surface area contributed by atoms with Crippen molar-refractivity contribution in [3.05, 3.63) is 51.2 Å². The van der Waals surface area contributed by atoms with Crippen LogP contribution in [0.1, 0.15) is 11.1 Å². The van der Waals surface area contributed by atoms with Gasteiger partial charge in [0.1, 0.15) is 23.3 Å². The Kier molecular flexibility index (Phi) is 3.33. The number of pyridine rings is 1. The summed E-state index contributed by atoms with van der Waals surface area (Å²) in [7, 11) is 0. The molecule has 5 nitrogen and oxygen atoms in total. The van der Waals surface area contributed by atoms with Crippen molar-refractivity contribution in [2.24, 2.45) is 10.7 Å². The number of aliphatic imine (C=N–C) groups is 1. The van der Waals surface area contributed by atoms with Crippen LogP contribution < -0.4 is 10.5 Å². The van der Waals surface area contributed by atoms with Crippen LogP contribution in [0, 0.1) is 0 Å². The van der Waals surface area contributed by atoms with E-state index in [9.17, 15) is 4.39 Å². The van der Waals surface area contributed by atoms with Crippen LogP contribution >= 0.6 is 27.5 Å². The van der Waals surface area contributed by atoms with E-state index in [0.29, 0.717) is 22.6 Å². The summed E-state index contributed by atoms with van der Waals surface area (Å²) in [5.74, 6) is 1.04. The number of nitrogens with two attached hydrogens (primary N) is 1. The molecule has 0 radical (unpaired) electrons. The maximum atomic E-state index is 15.0. The third kappa shape index (κ3) is 2.14. The zero-order valence-corrected chi connectivity index (χ0v) is 13.9. The van der Waals surface area contributed by atoms with Gasteiger partial charge in [-0.2, -0.15) is 0 Å². The monoisotopic (exact) mass is 397 g/mol. The summed E-state index contributed by atoms with van der Waals surface area (Å²) in [6, 6.07) is 6.79. The molecule has 4 rings (SSSR count). The van der Waals surface area contributed by atoms with E-state index in [0.717, 1.165) is 4.47 Å². The summed E-state index contributed by atoms with van der Waals surface area (Å²) in [4.78, 5) is 8.42. The summed E-state index contributed by atoms with van der Waals surface area (Å²) in [5.41, 5.74) is 5.32. The van der Waals surface area contributed by atoms with Gasteiger partial charge in [-0.3, -0.25) is 0 Å². The standard InChI is InChI=1S/C15H10BrClFN3O2/c16-7-1-2-10-8(3-7)15(14(18)22-6-13(19)21-15)9-4-12(17)20-5-11(9)23-10/h1-5,14H,6H2,(H2,19,21). The first kappa shape index (κ1) is 14.9. The molecular formula is C15H10BrClFN3O2. The lowest BCUT2D eigenvalue weighted by Crippen LogP contribution is -2.47. The highest BCUT2D eigenvalue weighted by Gasteiger charge is 2.52. The fourth-order valence-electron chi connectivity index (χ4n) is 2.90. The molecule has 0 bridgehead atoms. The number of aromatic nitrogens is 1. The molecule has 3 heterocycles. The molecule has 8 heteroatoms. The largest absolute Gasteiger partial charge is 0.455 e. The van der Waals surface area contributed by atoms with Crippen molar-refractivity contribution in [3.63, 3.8) is 0 Å². The quantitative estimate of drug-likeness (QED) is 0.689. The number of rotatable bonds is 0. The number of hydrogen-bond donors (Lipinski definition) is 1. The second kappa shape index (κ2) is 5.15. The predicted octanol–water partition coefficient (Wildman–Crippen LogP) is 3.53. The van der Waals surface area contributed by atoms with Gasteiger partial charge in [0.25, 0.3) is 0 Å². The van der Waals surface area contributed by atoms with E-state index in [1.807, 2.05) is 0 Å². The van der Waals surface area contributed by atoms with Crippen LogP contribution in [0.15, 0.2) is 39.9 Å². The first-order chi connectivity index (χ1) is 11.0. The Morgan fingerprint density at radius 1 is 1.30 bits per heavy atom. The van der Waals surface area contributed by atoms with Crippen molar-refractivity contribution in [2.75, 3.05) is 6.61 Å². The summed E-state index contributed by atoms with van der Waals surface area (Å²) in [5, 5.41) is 0.205. The highest BCUT2D eigenvalue weighted by molar-refractivity contribution is 9.10. The number of hydrogen-bond acceptors (Lipinski definition) is 5. The number of halogens is 3. The minimum absolute atomic E-state index is 0.0682. The maximum absolute atomic E-state index is 15.0. The average Bonchev–Trinajstić information content (AvgIpc) is 2.52. The molecule has 23 heavy (non-hydrogen) atoms. The number of nitrogens with zero attached hydrogens (tertiary/aromatic N) is 2. The lowest BCUT2D eigenvalue weighted by atomic mass is 9.80. The van der Waals surface area contributed by atoms with Crippen molar-refractivity contribution in [3.8, 4) is 11.5 Å². The highest BCUT2D eigenvalue weighted by atomic mass is 79.9. The van der Waals surface area contributed by atoms with E-state index < -0.39 is 11.9 Å². The molecular weight excluding hydrogens is 389 g/mol. The molecule has 2 unspecified atom stereocenters. The van der Waals surface area contributed by atoms with Crippen LogP contribution in [-0.4, -0.2) is 23.8 Å². The second-order valence-corrected chi connectivity index (χ2v) is 6.55. The predicted molar refractivity (Wildman–Crippen MR) is 86.7 cm³/mol. The zero-order valence-electron chi connectivity index (χ0n) is 11.6. The van der Waals surface area contributed by atoms with Crippen molar-refractivity contribution in [1.29, 1.82) is 0 Å². The molecule has 1 spiro atoms. The number of alkyl halides is 1. The van der Waals surface area contributed by atoms with Gasteiger partial charge in [-0.1, -0.05) is 27.5 Å². The van der Waals surface area contributed by atoms with Gasteiger partial charge in [0.05, 0.1) is 6.20 Å². The van der Waals surface area contributed by atoms with Crippen LogP contribution in [0.4, 0.5) is 4.39 Å². The minimum atomic E-state index is -1.73. The third-order valence-electron chi connectivity index (χ3n) is 3.84. The van der Waals surface area contributed by atoms with E-state index >= 15 is 0 Å². The smallest absolute Gasteiger partial charge is 0.233 e. The summed E-state index contributed by atoms with van der Waals surface area (Å²) >= 11 is 9.40. The molecule has 0 amide bonds. The molecule has 2 aliphatic heterocycles. The Bertz CT molecular complexity index is 794. The van der Waals surface area contributed by atoms with E-state index in [2.05, 4.69) is 25.9 Å². The second-order valence-electron chi connectivity index (χ2n) is 5.24. The first-order valence-electron chi connectivity index (χ1n) is 6.74. The van der Waals surface area contributed by atoms with Gasteiger partial charge in [0, 0.05) is 15.6 Å². The van der Waals surface area contributed by atoms with Crippen molar-refractivity contribution < 1.29 is 13.9 Å². The topological polar surface area (TPSA) is 69.7 Å². The molecule has 118 valence electrons.